The van der Waals surface area contributed by atoms with Crippen LogP contribution in [0.5, 0.6) is 0 Å². The van der Waals surface area contributed by atoms with Crippen LogP contribution in [0.4, 0.5) is 5.82 Å². The van der Waals surface area contributed by atoms with Gasteiger partial charge in [-0.15, -0.1) is 11.8 Å². The molecule has 0 saturated heterocycles. The number of pyridine rings is 1. The van der Waals surface area contributed by atoms with Crippen molar-refractivity contribution in [3.05, 3.63) is 18.2 Å². The number of thioether (sulfide) groups is 1. The Labute approximate surface area is 76.2 Å². The van der Waals surface area contributed by atoms with E-state index in [0.29, 0.717) is 5.75 Å². The van der Waals surface area contributed by atoms with E-state index in [1.54, 1.807) is 11.8 Å². The minimum atomic E-state index is 0.191. The highest BCUT2D eigenvalue weighted by Gasteiger charge is 1.95. The lowest BCUT2D eigenvalue weighted by molar-refractivity contribution is 0.322. The average molecular weight is 184 g/mol. The van der Waals surface area contributed by atoms with E-state index in [2.05, 4.69) is 10.3 Å². The van der Waals surface area contributed by atoms with Gasteiger partial charge in [0.05, 0.1) is 11.6 Å². The van der Waals surface area contributed by atoms with Crippen LogP contribution < -0.4 is 5.32 Å². The number of nitrogens with one attached hydrogen (secondary N) is 1. The van der Waals surface area contributed by atoms with Crippen LogP contribution in [0.15, 0.2) is 23.2 Å². The molecule has 2 N–H and O–H groups in total. The molecule has 0 aromatic carbocycles. The van der Waals surface area contributed by atoms with Crippen LogP contribution in [0.3, 0.4) is 0 Å². The summed E-state index contributed by atoms with van der Waals surface area (Å²) in [6.07, 6.45) is 0. The van der Waals surface area contributed by atoms with E-state index >= 15 is 0 Å². The molecule has 12 heavy (non-hydrogen) atoms. The van der Waals surface area contributed by atoms with E-state index in [0.717, 1.165) is 10.8 Å². The number of aliphatic hydroxyl groups is 1. The summed E-state index contributed by atoms with van der Waals surface area (Å²) in [5.74, 6) is 1.55. The molecule has 1 aromatic heterocycles. The Morgan fingerprint density at radius 2 is 2.42 bits per heavy atom. The van der Waals surface area contributed by atoms with E-state index in [9.17, 15) is 0 Å². The van der Waals surface area contributed by atoms with Gasteiger partial charge in [-0.05, 0) is 12.1 Å². The summed E-state index contributed by atoms with van der Waals surface area (Å²) in [4.78, 5) is 4.27. The molecular formula is C8H12N2OS. The molecule has 0 aliphatic carbocycles. The second-order valence-electron chi connectivity index (χ2n) is 2.18. The minimum absolute atomic E-state index is 0.191. The Balaban J connectivity index is 2.60. The van der Waals surface area contributed by atoms with Crippen molar-refractivity contribution >= 4 is 17.6 Å². The first-order valence-electron chi connectivity index (χ1n) is 3.75. The molecule has 1 aromatic rings. The highest BCUT2D eigenvalue weighted by Crippen LogP contribution is 2.16. The fourth-order valence-electron chi connectivity index (χ4n) is 0.785. The Kier molecular flexibility index (Phi) is 3.90. The molecule has 0 unspecified atom stereocenters. The highest BCUT2D eigenvalue weighted by atomic mass is 32.2. The largest absolute Gasteiger partial charge is 0.396 e. The van der Waals surface area contributed by atoms with E-state index in [1.807, 2.05) is 25.2 Å². The van der Waals surface area contributed by atoms with Gasteiger partial charge in [0, 0.05) is 12.8 Å². The summed E-state index contributed by atoms with van der Waals surface area (Å²) in [5.41, 5.74) is 0. The molecule has 0 radical (unpaired) electrons. The third-order valence-electron chi connectivity index (χ3n) is 1.32. The van der Waals surface area contributed by atoms with Gasteiger partial charge in [0.25, 0.3) is 0 Å². The molecule has 0 spiro atoms. The predicted molar refractivity (Wildman–Crippen MR) is 51.6 cm³/mol. The third kappa shape index (κ3) is 2.71. The fourth-order valence-corrected chi connectivity index (χ4v) is 1.42. The summed E-state index contributed by atoms with van der Waals surface area (Å²) in [6.45, 7) is 0.191. The van der Waals surface area contributed by atoms with Gasteiger partial charge in [-0.2, -0.15) is 0 Å². The summed E-state index contributed by atoms with van der Waals surface area (Å²) >= 11 is 1.55. The van der Waals surface area contributed by atoms with Gasteiger partial charge in [-0.25, -0.2) is 4.98 Å². The quantitative estimate of drug-likeness (QED) is 0.690. The van der Waals surface area contributed by atoms with Crippen molar-refractivity contribution in [3.63, 3.8) is 0 Å². The van der Waals surface area contributed by atoms with Crippen LogP contribution in [0, 0.1) is 0 Å². The van der Waals surface area contributed by atoms with E-state index < -0.39 is 0 Å². The SMILES string of the molecule is CNc1cccc(SCCO)n1. The fraction of sp³-hybridized carbons (Fsp3) is 0.375. The molecule has 0 atom stereocenters. The zero-order valence-corrected chi connectivity index (χ0v) is 7.77. The summed E-state index contributed by atoms with van der Waals surface area (Å²) < 4.78 is 0. The van der Waals surface area contributed by atoms with Crippen molar-refractivity contribution in [2.45, 2.75) is 5.03 Å². The van der Waals surface area contributed by atoms with Gasteiger partial charge < -0.3 is 10.4 Å². The number of rotatable bonds is 4. The van der Waals surface area contributed by atoms with Gasteiger partial charge in [0.2, 0.25) is 0 Å². The minimum Gasteiger partial charge on any atom is -0.396 e. The number of hydrogen-bond donors (Lipinski definition) is 2. The molecule has 66 valence electrons. The topological polar surface area (TPSA) is 45.1 Å². The number of nitrogens with zero attached hydrogens (tertiary/aromatic N) is 1. The lowest BCUT2D eigenvalue weighted by Gasteiger charge is -2.01. The van der Waals surface area contributed by atoms with Crippen molar-refractivity contribution in [2.75, 3.05) is 24.7 Å². The first-order valence-corrected chi connectivity index (χ1v) is 4.74. The standard InChI is InChI=1S/C8H12N2OS/c1-9-7-3-2-4-8(10-7)12-6-5-11/h2-4,11H,5-6H2,1H3,(H,9,10). The smallest absolute Gasteiger partial charge is 0.126 e. The number of hydrogen-bond acceptors (Lipinski definition) is 4. The van der Waals surface area contributed by atoms with Crippen LogP contribution >= 0.6 is 11.8 Å². The van der Waals surface area contributed by atoms with Crippen LogP contribution in [-0.4, -0.2) is 29.5 Å². The molecular weight excluding hydrogens is 172 g/mol. The molecule has 0 aliphatic rings. The molecule has 0 bridgehead atoms. The number of aromatic nitrogens is 1. The van der Waals surface area contributed by atoms with Crippen molar-refractivity contribution < 1.29 is 5.11 Å². The second kappa shape index (κ2) is 5.00. The van der Waals surface area contributed by atoms with Crippen LogP contribution in [0.2, 0.25) is 0 Å². The molecule has 1 heterocycles. The molecule has 3 nitrogen and oxygen atoms in total. The maximum atomic E-state index is 8.59. The lowest BCUT2D eigenvalue weighted by Crippen LogP contribution is -1.93. The third-order valence-corrected chi connectivity index (χ3v) is 2.23. The Bertz CT molecular complexity index is 242. The second-order valence-corrected chi connectivity index (χ2v) is 3.30. The summed E-state index contributed by atoms with van der Waals surface area (Å²) in [7, 11) is 1.84. The predicted octanol–water partition coefficient (Wildman–Crippen LogP) is 1.21. The van der Waals surface area contributed by atoms with Crippen molar-refractivity contribution in [2.24, 2.45) is 0 Å². The zero-order chi connectivity index (χ0) is 8.81. The first-order chi connectivity index (χ1) is 5.86. The maximum Gasteiger partial charge on any atom is 0.126 e. The van der Waals surface area contributed by atoms with Crippen LogP contribution in [-0.2, 0) is 0 Å². The van der Waals surface area contributed by atoms with E-state index in [-0.39, 0.29) is 6.61 Å². The Morgan fingerprint density at radius 3 is 3.08 bits per heavy atom. The van der Waals surface area contributed by atoms with Crippen molar-refractivity contribution in [1.29, 1.82) is 0 Å². The summed E-state index contributed by atoms with van der Waals surface area (Å²) in [5, 5.41) is 12.5. The lowest BCUT2D eigenvalue weighted by atomic mass is 10.5. The van der Waals surface area contributed by atoms with Gasteiger partial charge in [-0.3, -0.25) is 0 Å². The van der Waals surface area contributed by atoms with Crippen molar-refractivity contribution in [1.82, 2.24) is 4.98 Å². The average Bonchev–Trinajstić information content (AvgIpc) is 2.15. The van der Waals surface area contributed by atoms with E-state index in [4.69, 9.17) is 5.11 Å². The van der Waals surface area contributed by atoms with E-state index in [1.165, 1.54) is 0 Å². The van der Waals surface area contributed by atoms with Gasteiger partial charge >= 0.3 is 0 Å². The van der Waals surface area contributed by atoms with Gasteiger partial charge in [0.1, 0.15) is 5.82 Å². The molecule has 0 amide bonds. The number of aliphatic hydroxyl groups excluding tert-OH is 1. The van der Waals surface area contributed by atoms with Crippen molar-refractivity contribution in [3.8, 4) is 0 Å². The van der Waals surface area contributed by atoms with Gasteiger partial charge in [-0.1, -0.05) is 6.07 Å². The molecule has 0 saturated carbocycles. The first kappa shape index (κ1) is 9.35. The summed E-state index contributed by atoms with van der Waals surface area (Å²) in [6, 6.07) is 5.78. The van der Waals surface area contributed by atoms with Crippen LogP contribution in [0.25, 0.3) is 0 Å². The molecule has 4 heteroatoms. The van der Waals surface area contributed by atoms with Crippen LogP contribution in [0.1, 0.15) is 0 Å². The molecule has 1 rings (SSSR count). The van der Waals surface area contributed by atoms with Gasteiger partial charge in [0.15, 0.2) is 0 Å². The molecule has 0 fully saturated rings. The monoisotopic (exact) mass is 184 g/mol. The zero-order valence-electron chi connectivity index (χ0n) is 6.95. The highest BCUT2D eigenvalue weighted by molar-refractivity contribution is 7.99. The Morgan fingerprint density at radius 1 is 1.58 bits per heavy atom. The molecule has 0 aliphatic heterocycles. The normalized spacial score (nSPS) is 9.83. The number of anilines is 1. The maximum absolute atomic E-state index is 8.59. The Hall–Kier alpha value is -0.740.